The minimum Gasteiger partial charge on any atom is -0.355 e. The first kappa shape index (κ1) is 24.3. The molecule has 174 valence electrons. The van der Waals surface area contributed by atoms with Crippen LogP contribution in [-0.4, -0.2) is 28.8 Å². The predicted octanol–water partition coefficient (Wildman–Crippen LogP) is 5.74. The molecule has 7 nitrogen and oxygen atoms in total. The maximum atomic E-state index is 12.8. The van der Waals surface area contributed by atoms with Gasteiger partial charge in [0.05, 0.1) is 22.1 Å². The zero-order valence-corrected chi connectivity index (χ0v) is 20.2. The highest BCUT2D eigenvalue weighted by Gasteiger charge is 2.17. The van der Waals surface area contributed by atoms with Gasteiger partial charge in [0.2, 0.25) is 0 Å². The maximum Gasteiger partial charge on any atom is 0.324 e. The van der Waals surface area contributed by atoms with Crippen LogP contribution in [0.5, 0.6) is 0 Å². The number of nitrogens with zero attached hydrogens (tertiary/aromatic N) is 2. The van der Waals surface area contributed by atoms with Crippen LogP contribution in [0.1, 0.15) is 53.9 Å². The molecule has 2 aromatic carbocycles. The monoisotopic (exact) mass is 467 g/mol. The summed E-state index contributed by atoms with van der Waals surface area (Å²) in [5.41, 5.74) is 4.49. The molecule has 0 aliphatic rings. The van der Waals surface area contributed by atoms with Gasteiger partial charge in [-0.1, -0.05) is 50.1 Å². The molecule has 3 amide bonds. The number of halogens is 1. The highest BCUT2D eigenvalue weighted by Crippen LogP contribution is 2.26. The lowest BCUT2D eigenvalue weighted by Crippen LogP contribution is -2.22. The van der Waals surface area contributed by atoms with Gasteiger partial charge in [-0.3, -0.25) is 10.1 Å². The fourth-order valence-corrected chi connectivity index (χ4v) is 3.73. The lowest BCUT2D eigenvalue weighted by Gasteiger charge is -2.13. The SMILES string of the molecule is CCCCc1cc(NC(=O)Nc2cccc(C)c2Cl)n(-c2ccc(CC)c(C(=O)NC)c2)n1. The molecule has 33 heavy (non-hydrogen) atoms. The van der Waals surface area contributed by atoms with E-state index in [4.69, 9.17) is 16.7 Å². The molecule has 1 heterocycles. The fourth-order valence-electron chi connectivity index (χ4n) is 3.56. The lowest BCUT2D eigenvalue weighted by atomic mass is 10.0. The summed E-state index contributed by atoms with van der Waals surface area (Å²) in [5.74, 6) is 0.350. The van der Waals surface area contributed by atoms with Crippen molar-refractivity contribution in [2.24, 2.45) is 0 Å². The largest absolute Gasteiger partial charge is 0.355 e. The third-order valence-electron chi connectivity index (χ3n) is 5.42. The first-order valence-corrected chi connectivity index (χ1v) is 11.5. The number of benzene rings is 2. The number of carbonyl (C=O) groups excluding carboxylic acids is 2. The van der Waals surface area contributed by atoms with Gasteiger partial charge < -0.3 is 10.6 Å². The van der Waals surface area contributed by atoms with E-state index < -0.39 is 6.03 Å². The molecule has 0 fully saturated rings. The molecule has 0 aliphatic heterocycles. The third kappa shape index (κ3) is 5.73. The second-order valence-electron chi connectivity index (χ2n) is 7.83. The van der Waals surface area contributed by atoms with Crippen molar-refractivity contribution in [1.29, 1.82) is 0 Å². The summed E-state index contributed by atoms with van der Waals surface area (Å²) in [6, 6.07) is 12.5. The molecule has 3 aromatic rings. The number of hydrogen-bond acceptors (Lipinski definition) is 3. The van der Waals surface area contributed by atoms with Crippen LogP contribution >= 0.6 is 11.6 Å². The number of unbranched alkanes of at least 4 members (excludes halogenated alkanes) is 1. The third-order valence-corrected chi connectivity index (χ3v) is 5.92. The highest BCUT2D eigenvalue weighted by molar-refractivity contribution is 6.34. The van der Waals surface area contributed by atoms with E-state index in [1.165, 1.54) is 0 Å². The number of aromatic nitrogens is 2. The fraction of sp³-hybridized carbons (Fsp3) is 0.320. The molecule has 0 aliphatic carbocycles. The van der Waals surface area contributed by atoms with Crippen molar-refractivity contribution in [3.05, 3.63) is 69.9 Å². The van der Waals surface area contributed by atoms with E-state index in [9.17, 15) is 9.59 Å². The van der Waals surface area contributed by atoms with E-state index in [0.717, 1.165) is 42.5 Å². The van der Waals surface area contributed by atoms with Gasteiger partial charge in [-0.25, -0.2) is 9.48 Å². The summed E-state index contributed by atoms with van der Waals surface area (Å²) >= 11 is 6.32. The molecule has 0 saturated carbocycles. The average Bonchev–Trinajstić information content (AvgIpc) is 3.21. The number of aryl methyl sites for hydroxylation is 3. The van der Waals surface area contributed by atoms with Crippen LogP contribution in [0.3, 0.4) is 0 Å². The molecular weight excluding hydrogens is 438 g/mol. The Labute approximate surface area is 199 Å². The molecule has 0 atom stereocenters. The molecule has 8 heteroatoms. The first-order valence-electron chi connectivity index (χ1n) is 11.1. The smallest absolute Gasteiger partial charge is 0.324 e. The van der Waals surface area contributed by atoms with Crippen LogP contribution in [0, 0.1) is 6.92 Å². The zero-order chi connectivity index (χ0) is 24.0. The molecule has 0 unspecified atom stereocenters. The van der Waals surface area contributed by atoms with Crippen LogP contribution in [0.4, 0.5) is 16.3 Å². The van der Waals surface area contributed by atoms with Gasteiger partial charge in [0.25, 0.3) is 5.91 Å². The van der Waals surface area contributed by atoms with Crippen molar-refractivity contribution in [3.8, 4) is 5.69 Å². The number of rotatable bonds is 8. The molecule has 0 spiro atoms. The Balaban J connectivity index is 1.95. The number of urea groups is 1. The van der Waals surface area contributed by atoms with Crippen molar-refractivity contribution in [2.45, 2.75) is 46.5 Å². The Kier molecular flexibility index (Phi) is 8.11. The van der Waals surface area contributed by atoms with Crippen molar-refractivity contribution >= 4 is 35.0 Å². The number of amides is 3. The topological polar surface area (TPSA) is 88.0 Å². The van der Waals surface area contributed by atoms with Crippen molar-refractivity contribution in [2.75, 3.05) is 17.7 Å². The quantitative estimate of drug-likeness (QED) is 0.394. The number of carbonyl (C=O) groups is 2. The Morgan fingerprint density at radius 1 is 1.09 bits per heavy atom. The standard InChI is InChI=1S/C25H30ClN5O2/c1-5-7-10-18-14-22(29-25(33)28-21-11-8-9-16(3)23(21)26)31(30-18)19-13-12-17(6-2)20(15-19)24(32)27-4/h8-9,11-15H,5-7,10H2,1-4H3,(H,27,32)(H2,28,29,33). The van der Waals surface area contributed by atoms with Crippen LogP contribution in [-0.2, 0) is 12.8 Å². The summed E-state index contributed by atoms with van der Waals surface area (Å²) in [7, 11) is 1.61. The van der Waals surface area contributed by atoms with E-state index >= 15 is 0 Å². The Bertz CT molecular complexity index is 1160. The van der Waals surface area contributed by atoms with E-state index in [-0.39, 0.29) is 5.91 Å². The molecule has 3 N–H and O–H groups in total. The minimum absolute atomic E-state index is 0.159. The second kappa shape index (κ2) is 11.0. The highest BCUT2D eigenvalue weighted by atomic mass is 35.5. The Morgan fingerprint density at radius 3 is 2.58 bits per heavy atom. The van der Waals surface area contributed by atoms with Crippen LogP contribution in [0.15, 0.2) is 42.5 Å². The number of nitrogens with one attached hydrogen (secondary N) is 3. The number of hydrogen-bond donors (Lipinski definition) is 3. The van der Waals surface area contributed by atoms with Crippen molar-refractivity contribution in [3.63, 3.8) is 0 Å². The molecule has 1 aromatic heterocycles. The van der Waals surface area contributed by atoms with Gasteiger partial charge in [-0.2, -0.15) is 5.10 Å². The molecule has 3 rings (SSSR count). The number of anilines is 2. The van der Waals surface area contributed by atoms with Crippen molar-refractivity contribution in [1.82, 2.24) is 15.1 Å². The van der Waals surface area contributed by atoms with Gasteiger partial charge in [-0.15, -0.1) is 0 Å². The van der Waals surface area contributed by atoms with Gasteiger partial charge >= 0.3 is 6.03 Å². The minimum atomic E-state index is -0.428. The second-order valence-corrected chi connectivity index (χ2v) is 8.20. The summed E-state index contributed by atoms with van der Waals surface area (Å²) in [4.78, 5) is 25.2. The maximum absolute atomic E-state index is 12.8. The Hall–Kier alpha value is -3.32. The normalized spacial score (nSPS) is 10.7. The van der Waals surface area contributed by atoms with E-state index in [2.05, 4.69) is 22.9 Å². The molecule has 0 radical (unpaired) electrons. The van der Waals surface area contributed by atoms with E-state index in [1.54, 1.807) is 23.9 Å². The van der Waals surface area contributed by atoms with Crippen LogP contribution in [0.25, 0.3) is 5.69 Å². The van der Waals surface area contributed by atoms with Gasteiger partial charge in [0, 0.05) is 18.7 Å². The molecule has 0 saturated heterocycles. The van der Waals surface area contributed by atoms with E-state index in [1.807, 2.05) is 44.2 Å². The van der Waals surface area contributed by atoms with Gasteiger partial charge in [0.1, 0.15) is 5.82 Å². The Morgan fingerprint density at radius 2 is 1.88 bits per heavy atom. The lowest BCUT2D eigenvalue weighted by molar-refractivity contribution is 0.0962. The predicted molar refractivity (Wildman–Crippen MR) is 134 cm³/mol. The summed E-state index contributed by atoms with van der Waals surface area (Å²) in [6.07, 6.45) is 3.54. The van der Waals surface area contributed by atoms with Crippen LogP contribution in [0.2, 0.25) is 5.02 Å². The molecular formula is C25H30ClN5O2. The van der Waals surface area contributed by atoms with Gasteiger partial charge in [-0.05, 0) is 55.5 Å². The summed E-state index contributed by atoms with van der Waals surface area (Å²) in [6.45, 7) is 6.00. The summed E-state index contributed by atoms with van der Waals surface area (Å²) in [5, 5.41) is 13.6. The van der Waals surface area contributed by atoms with Gasteiger partial charge in [0.15, 0.2) is 0 Å². The first-order chi connectivity index (χ1) is 15.9. The van der Waals surface area contributed by atoms with E-state index in [0.29, 0.717) is 27.8 Å². The average molecular weight is 468 g/mol. The van der Waals surface area contributed by atoms with Crippen LogP contribution < -0.4 is 16.0 Å². The zero-order valence-electron chi connectivity index (χ0n) is 19.5. The van der Waals surface area contributed by atoms with Crippen molar-refractivity contribution < 1.29 is 9.59 Å². The molecule has 0 bridgehead atoms. The summed E-state index contributed by atoms with van der Waals surface area (Å²) < 4.78 is 1.66.